The molecule has 1 aromatic heterocycles. The Morgan fingerprint density at radius 2 is 1.81 bits per heavy atom. The molecule has 1 heterocycles. The molecule has 1 atom stereocenters. The van der Waals surface area contributed by atoms with E-state index in [0.29, 0.717) is 6.04 Å². The molecule has 0 radical (unpaired) electrons. The monoisotopic (exact) mass is 311 g/mol. The molecule has 6 heteroatoms. The van der Waals surface area contributed by atoms with Crippen LogP contribution in [0, 0.1) is 0 Å². The standard InChI is InChI=1S/C15H29N5S/c1-6-8-16-13-11-14(19-15(18-13)21-5)17-9-10-20(4)12(3)7-2/h11-12H,6-10H2,1-5H3,(H2,16,17,18,19). The van der Waals surface area contributed by atoms with E-state index in [1.54, 1.807) is 11.8 Å². The van der Waals surface area contributed by atoms with Crippen LogP contribution in [-0.4, -0.2) is 53.8 Å². The minimum Gasteiger partial charge on any atom is -0.370 e. The summed E-state index contributed by atoms with van der Waals surface area (Å²) in [7, 11) is 2.16. The Kier molecular flexibility index (Phi) is 8.45. The number of thioether (sulfide) groups is 1. The topological polar surface area (TPSA) is 53.1 Å². The van der Waals surface area contributed by atoms with E-state index in [0.717, 1.165) is 42.8 Å². The van der Waals surface area contributed by atoms with Crippen molar-refractivity contribution in [3.63, 3.8) is 0 Å². The zero-order valence-electron chi connectivity index (χ0n) is 13.9. The van der Waals surface area contributed by atoms with Gasteiger partial charge in [-0.1, -0.05) is 25.6 Å². The van der Waals surface area contributed by atoms with Crippen LogP contribution in [0.1, 0.15) is 33.6 Å². The van der Waals surface area contributed by atoms with Gasteiger partial charge in [-0.05, 0) is 33.1 Å². The van der Waals surface area contributed by atoms with Gasteiger partial charge in [0.1, 0.15) is 11.6 Å². The molecular weight excluding hydrogens is 282 g/mol. The van der Waals surface area contributed by atoms with E-state index in [1.807, 2.05) is 12.3 Å². The van der Waals surface area contributed by atoms with Crippen LogP contribution in [0.4, 0.5) is 11.6 Å². The van der Waals surface area contributed by atoms with E-state index < -0.39 is 0 Å². The van der Waals surface area contributed by atoms with Crippen LogP contribution >= 0.6 is 11.8 Å². The molecule has 0 fully saturated rings. The van der Waals surface area contributed by atoms with Gasteiger partial charge in [-0.2, -0.15) is 0 Å². The quantitative estimate of drug-likeness (QED) is 0.511. The van der Waals surface area contributed by atoms with Crippen molar-refractivity contribution in [2.24, 2.45) is 0 Å². The van der Waals surface area contributed by atoms with Gasteiger partial charge in [0.15, 0.2) is 5.16 Å². The normalized spacial score (nSPS) is 12.5. The molecule has 0 aliphatic carbocycles. The fourth-order valence-electron chi connectivity index (χ4n) is 1.84. The fraction of sp³-hybridized carbons (Fsp3) is 0.733. The van der Waals surface area contributed by atoms with Gasteiger partial charge in [0, 0.05) is 31.7 Å². The van der Waals surface area contributed by atoms with Crippen molar-refractivity contribution >= 4 is 23.4 Å². The molecule has 0 amide bonds. The molecule has 0 aliphatic rings. The maximum atomic E-state index is 4.50. The first-order valence-electron chi connectivity index (χ1n) is 7.71. The van der Waals surface area contributed by atoms with Gasteiger partial charge in [-0.3, -0.25) is 0 Å². The van der Waals surface area contributed by atoms with E-state index in [4.69, 9.17) is 0 Å². The lowest BCUT2D eigenvalue weighted by molar-refractivity contribution is 0.261. The van der Waals surface area contributed by atoms with Crippen LogP contribution in [0.15, 0.2) is 11.2 Å². The molecule has 0 bridgehead atoms. The van der Waals surface area contributed by atoms with Gasteiger partial charge >= 0.3 is 0 Å². The number of nitrogens with zero attached hydrogens (tertiary/aromatic N) is 3. The SMILES string of the molecule is CCCNc1cc(NCCN(C)C(C)CC)nc(SC)n1. The second-order valence-electron chi connectivity index (χ2n) is 5.22. The molecule has 0 aliphatic heterocycles. The van der Waals surface area contributed by atoms with Crippen LogP contribution in [0.2, 0.25) is 0 Å². The summed E-state index contributed by atoms with van der Waals surface area (Å²) >= 11 is 1.57. The second kappa shape index (κ2) is 9.84. The summed E-state index contributed by atoms with van der Waals surface area (Å²) in [6.07, 6.45) is 4.26. The molecule has 21 heavy (non-hydrogen) atoms. The van der Waals surface area contributed by atoms with Gasteiger partial charge < -0.3 is 15.5 Å². The van der Waals surface area contributed by atoms with Crippen molar-refractivity contribution in [2.75, 3.05) is 43.6 Å². The molecule has 1 unspecified atom stereocenters. The number of likely N-dealkylation sites (N-methyl/N-ethyl adjacent to an activating group) is 1. The van der Waals surface area contributed by atoms with E-state index in [9.17, 15) is 0 Å². The number of hydrogen-bond acceptors (Lipinski definition) is 6. The Bertz CT molecular complexity index is 413. The minimum atomic E-state index is 0.612. The summed E-state index contributed by atoms with van der Waals surface area (Å²) in [6.45, 7) is 9.44. The Balaban J connectivity index is 2.57. The molecule has 0 spiro atoms. The molecule has 5 nitrogen and oxygen atoms in total. The van der Waals surface area contributed by atoms with Crippen molar-refractivity contribution in [3.8, 4) is 0 Å². The predicted octanol–water partition coefficient (Wildman–Crippen LogP) is 3.16. The molecule has 0 aromatic carbocycles. The third kappa shape index (κ3) is 6.52. The van der Waals surface area contributed by atoms with Crippen LogP contribution in [0.5, 0.6) is 0 Å². The zero-order valence-corrected chi connectivity index (χ0v) is 14.8. The van der Waals surface area contributed by atoms with E-state index >= 15 is 0 Å². The molecule has 2 N–H and O–H groups in total. The summed E-state index contributed by atoms with van der Waals surface area (Å²) in [5.74, 6) is 1.79. The van der Waals surface area contributed by atoms with Gasteiger partial charge in [-0.15, -0.1) is 0 Å². The second-order valence-corrected chi connectivity index (χ2v) is 5.99. The summed E-state index contributed by atoms with van der Waals surface area (Å²) < 4.78 is 0. The molecule has 1 rings (SSSR count). The van der Waals surface area contributed by atoms with Crippen LogP contribution in [0.3, 0.4) is 0 Å². The molecule has 1 aromatic rings. The van der Waals surface area contributed by atoms with E-state index in [1.165, 1.54) is 6.42 Å². The third-order valence-electron chi connectivity index (χ3n) is 3.56. The predicted molar refractivity (Wildman–Crippen MR) is 93.5 cm³/mol. The number of anilines is 2. The minimum absolute atomic E-state index is 0.612. The van der Waals surface area contributed by atoms with Crippen molar-refractivity contribution in [1.29, 1.82) is 0 Å². The number of rotatable bonds is 10. The van der Waals surface area contributed by atoms with Crippen LogP contribution in [0.25, 0.3) is 0 Å². The lowest BCUT2D eigenvalue weighted by atomic mass is 10.2. The number of hydrogen-bond donors (Lipinski definition) is 2. The Labute approximate surface area is 133 Å². The highest BCUT2D eigenvalue weighted by Gasteiger charge is 2.07. The molecule has 0 saturated heterocycles. The maximum absolute atomic E-state index is 4.50. The van der Waals surface area contributed by atoms with Gasteiger partial charge in [0.05, 0.1) is 0 Å². The van der Waals surface area contributed by atoms with Gasteiger partial charge in [0.2, 0.25) is 0 Å². The number of nitrogens with one attached hydrogen (secondary N) is 2. The van der Waals surface area contributed by atoms with E-state index in [2.05, 4.69) is 53.3 Å². The van der Waals surface area contributed by atoms with Crippen molar-refractivity contribution in [1.82, 2.24) is 14.9 Å². The van der Waals surface area contributed by atoms with Crippen molar-refractivity contribution < 1.29 is 0 Å². The smallest absolute Gasteiger partial charge is 0.191 e. The van der Waals surface area contributed by atoms with Crippen molar-refractivity contribution in [2.45, 2.75) is 44.8 Å². The third-order valence-corrected chi connectivity index (χ3v) is 4.11. The highest BCUT2D eigenvalue weighted by Crippen LogP contribution is 2.17. The van der Waals surface area contributed by atoms with Crippen molar-refractivity contribution in [3.05, 3.63) is 6.07 Å². The fourth-order valence-corrected chi connectivity index (χ4v) is 2.22. The average Bonchev–Trinajstić information content (AvgIpc) is 2.51. The highest BCUT2D eigenvalue weighted by atomic mass is 32.2. The van der Waals surface area contributed by atoms with Crippen LogP contribution < -0.4 is 10.6 Å². The Morgan fingerprint density at radius 1 is 1.19 bits per heavy atom. The molecule has 0 saturated carbocycles. The van der Waals surface area contributed by atoms with E-state index in [-0.39, 0.29) is 0 Å². The summed E-state index contributed by atoms with van der Waals surface area (Å²) in [4.78, 5) is 11.3. The number of aromatic nitrogens is 2. The molecule has 120 valence electrons. The highest BCUT2D eigenvalue weighted by molar-refractivity contribution is 7.98. The average molecular weight is 311 g/mol. The lowest BCUT2D eigenvalue weighted by Gasteiger charge is -2.23. The first-order chi connectivity index (χ1) is 10.1. The largest absolute Gasteiger partial charge is 0.370 e. The Morgan fingerprint density at radius 3 is 2.33 bits per heavy atom. The summed E-state index contributed by atoms with van der Waals surface area (Å²) in [5.41, 5.74) is 0. The van der Waals surface area contributed by atoms with Gasteiger partial charge in [0.25, 0.3) is 0 Å². The van der Waals surface area contributed by atoms with Crippen LogP contribution in [-0.2, 0) is 0 Å². The Hall–Kier alpha value is -1.01. The maximum Gasteiger partial charge on any atom is 0.191 e. The first-order valence-corrected chi connectivity index (χ1v) is 8.94. The van der Waals surface area contributed by atoms with Gasteiger partial charge in [-0.25, -0.2) is 9.97 Å². The summed E-state index contributed by atoms with van der Waals surface area (Å²) in [5, 5.41) is 7.52. The first kappa shape index (κ1) is 18.0. The zero-order chi connectivity index (χ0) is 15.7. The molecular formula is C15H29N5S. The summed E-state index contributed by atoms with van der Waals surface area (Å²) in [6, 6.07) is 2.60. The lowest BCUT2D eigenvalue weighted by Crippen LogP contribution is -2.32.